The first-order valence-electron chi connectivity index (χ1n) is 9.62. The molecule has 0 saturated carbocycles. The average molecular weight is 412 g/mol. The number of ether oxygens (including phenoxy) is 1. The largest absolute Gasteiger partial charge is 0.466 e. The molecule has 0 aliphatic heterocycles. The van der Waals surface area contributed by atoms with Crippen LogP contribution in [-0.2, 0) is 26.0 Å². The third kappa shape index (κ3) is 4.27. The first kappa shape index (κ1) is 20.9. The lowest BCUT2D eigenvalue weighted by Gasteiger charge is -2.16. The molecular formula is C23H25NO4S. The molecule has 6 heteroatoms. The lowest BCUT2D eigenvalue weighted by Crippen LogP contribution is -2.20. The molecule has 0 spiro atoms. The molecule has 3 rings (SSSR count). The van der Waals surface area contributed by atoms with Crippen molar-refractivity contribution in [1.82, 2.24) is 3.97 Å². The van der Waals surface area contributed by atoms with Crippen molar-refractivity contribution in [3.05, 3.63) is 78.0 Å². The zero-order chi connectivity index (χ0) is 21.0. The fourth-order valence-electron chi connectivity index (χ4n) is 3.36. The van der Waals surface area contributed by atoms with Crippen molar-refractivity contribution in [3.8, 4) is 11.3 Å². The predicted octanol–water partition coefficient (Wildman–Crippen LogP) is 4.62. The minimum atomic E-state index is -3.91. The van der Waals surface area contributed by atoms with Crippen molar-refractivity contribution in [2.24, 2.45) is 0 Å². The first-order chi connectivity index (χ1) is 13.9. The van der Waals surface area contributed by atoms with Gasteiger partial charge in [-0.2, -0.15) is 0 Å². The number of hydrogen-bond donors (Lipinski definition) is 0. The van der Waals surface area contributed by atoms with E-state index in [1.165, 1.54) is 3.97 Å². The van der Waals surface area contributed by atoms with Crippen LogP contribution in [0, 0.1) is 0 Å². The molecule has 3 aromatic rings. The van der Waals surface area contributed by atoms with E-state index in [1.54, 1.807) is 37.3 Å². The van der Waals surface area contributed by atoms with E-state index >= 15 is 0 Å². The number of hydrogen-bond acceptors (Lipinski definition) is 4. The van der Waals surface area contributed by atoms with Crippen molar-refractivity contribution < 1.29 is 17.9 Å². The molecule has 0 aliphatic carbocycles. The van der Waals surface area contributed by atoms with Crippen molar-refractivity contribution in [2.45, 2.75) is 38.0 Å². The highest BCUT2D eigenvalue weighted by Gasteiger charge is 2.29. The molecule has 0 bridgehead atoms. The zero-order valence-corrected chi connectivity index (χ0v) is 17.6. The summed E-state index contributed by atoms with van der Waals surface area (Å²) in [6.45, 7) is 5.94. The van der Waals surface area contributed by atoms with Gasteiger partial charge in [-0.3, -0.25) is 4.79 Å². The Morgan fingerprint density at radius 3 is 2.14 bits per heavy atom. The molecule has 5 nitrogen and oxygen atoms in total. The maximum absolute atomic E-state index is 13.6. The van der Waals surface area contributed by atoms with Gasteiger partial charge in [0.25, 0.3) is 10.0 Å². The summed E-state index contributed by atoms with van der Waals surface area (Å²) in [7, 11) is -3.91. The number of esters is 1. The van der Waals surface area contributed by atoms with Crippen LogP contribution in [-0.4, -0.2) is 25.0 Å². The van der Waals surface area contributed by atoms with Crippen LogP contribution in [0.2, 0.25) is 0 Å². The molecule has 1 aromatic heterocycles. The molecular weight excluding hydrogens is 386 g/mol. The summed E-state index contributed by atoms with van der Waals surface area (Å²) < 4.78 is 33.7. The Kier molecular flexibility index (Phi) is 6.23. The van der Waals surface area contributed by atoms with E-state index in [-0.39, 0.29) is 23.8 Å². The summed E-state index contributed by atoms with van der Waals surface area (Å²) in [5, 5.41) is 0. The van der Waals surface area contributed by atoms with E-state index in [4.69, 9.17) is 4.74 Å². The molecule has 0 atom stereocenters. The van der Waals surface area contributed by atoms with Crippen LogP contribution in [0.15, 0.2) is 71.6 Å². The fraction of sp³-hybridized carbons (Fsp3) is 0.261. The molecule has 0 N–H and O–H groups in total. The molecule has 2 aromatic carbocycles. The minimum Gasteiger partial charge on any atom is -0.466 e. The third-order valence-corrected chi connectivity index (χ3v) is 6.45. The van der Waals surface area contributed by atoms with Gasteiger partial charge in [-0.25, -0.2) is 12.4 Å². The van der Waals surface area contributed by atoms with Gasteiger partial charge in [0.15, 0.2) is 0 Å². The van der Waals surface area contributed by atoms with Crippen LogP contribution in [0.1, 0.15) is 37.9 Å². The number of carbonyl (C=O) groups is 1. The van der Waals surface area contributed by atoms with Gasteiger partial charge in [0.1, 0.15) is 0 Å². The number of aromatic nitrogens is 1. The van der Waals surface area contributed by atoms with Gasteiger partial charge in [0, 0.05) is 5.69 Å². The van der Waals surface area contributed by atoms with Crippen LogP contribution in [0.5, 0.6) is 0 Å². The van der Waals surface area contributed by atoms with Crippen molar-refractivity contribution in [1.29, 1.82) is 0 Å². The summed E-state index contributed by atoms with van der Waals surface area (Å²) in [5.74, 6) is -0.411. The summed E-state index contributed by atoms with van der Waals surface area (Å²) >= 11 is 0. The second-order valence-corrected chi connectivity index (χ2v) is 8.80. The number of rotatable bonds is 7. The quantitative estimate of drug-likeness (QED) is 0.532. The number of nitrogens with zero attached hydrogens (tertiary/aromatic N) is 1. The Morgan fingerprint density at radius 1 is 1.00 bits per heavy atom. The molecule has 0 amide bonds. The molecule has 1 heterocycles. The summed E-state index contributed by atoms with van der Waals surface area (Å²) in [6, 6.07) is 19.5. The van der Waals surface area contributed by atoms with Gasteiger partial charge in [-0.05, 0) is 42.2 Å². The van der Waals surface area contributed by atoms with E-state index in [0.29, 0.717) is 11.4 Å². The van der Waals surface area contributed by atoms with Gasteiger partial charge in [0.05, 0.1) is 23.6 Å². The minimum absolute atomic E-state index is 0.0362. The highest BCUT2D eigenvalue weighted by atomic mass is 32.2. The van der Waals surface area contributed by atoms with Crippen LogP contribution in [0.25, 0.3) is 11.3 Å². The lowest BCUT2D eigenvalue weighted by atomic mass is 10.0. The van der Waals surface area contributed by atoms with Crippen LogP contribution < -0.4 is 0 Å². The van der Waals surface area contributed by atoms with Gasteiger partial charge < -0.3 is 4.74 Å². The smallest absolute Gasteiger partial charge is 0.311 e. The van der Waals surface area contributed by atoms with Gasteiger partial charge >= 0.3 is 5.97 Å². The van der Waals surface area contributed by atoms with E-state index in [1.807, 2.05) is 50.2 Å². The van der Waals surface area contributed by atoms with Crippen LogP contribution in [0.3, 0.4) is 0 Å². The van der Waals surface area contributed by atoms with Gasteiger partial charge in [0.2, 0.25) is 0 Å². The normalized spacial score (nSPS) is 11.6. The molecule has 0 aliphatic rings. The zero-order valence-electron chi connectivity index (χ0n) is 16.8. The molecule has 0 unspecified atom stereocenters. The predicted molar refractivity (Wildman–Crippen MR) is 113 cm³/mol. The van der Waals surface area contributed by atoms with Crippen molar-refractivity contribution in [3.63, 3.8) is 0 Å². The summed E-state index contributed by atoms with van der Waals surface area (Å²) in [5.41, 5.74) is 2.57. The van der Waals surface area contributed by atoms with E-state index in [0.717, 1.165) is 11.1 Å². The van der Waals surface area contributed by atoms with Crippen molar-refractivity contribution >= 4 is 16.0 Å². The maximum Gasteiger partial charge on any atom is 0.311 e. The molecule has 29 heavy (non-hydrogen) atoms. The summed E-state index contributed by atoms with van der Waals surface area (Å²) in [4.78, 5) is 12.5. The monoisotopic (exact) mass is 411 g/mol. The van der Waals surface area contributed by atoms with E-state index in [2.05, 4.69) is 0 Å². The van der Waals surface area contributed by atoms with Gasteiger partial charge in [-0.15, -0.1) is 0 Å². The first-order valence-corrected chi connectivity index (χ1v) is 11.1. The van der Waals surface area contributed by atoms with Gasteiger partial charge in [-0.1, -0.05) is 62.4 Å². The summed E-state index contributed by atoms with van der Waals surface area (Å²) in [6.07, 6.45) is -0.111. The molecule has 152 valence electrons. The lowest BCUT2D eigenvalue weighted by molar-refractivity contribution is -0.142. The Hall–Kier alpha value is -2.86. The second kappa shape index (κ2) is 8.66. The molecule has 0 fully saturated rings. The number of carbonyl (C=O) groups excluding carboxylic acids is 1. The Labute approximate surface area is 172 Å². The Bertz CT molecular complexity index is 1080. The number of benzene rings is 2. The SMILES string of the molecule is CCOC(=O)Cc1c(C(C)C)cc(-c2ccccc2)n1S(=O)(=O)c1ccccc1. The van der Waals surface area contributed by atoms with Crippen molar-refractivity contribution in [2.75, 3.05) is 6.61 Å². The molecule has 0 radical (unpaired) electrons. The highest BCUT2D eigenvalue weighted by Crippen LogP contribution is 2.34. The third-order valence-electron chi connectivity index (χ3n) is 4.68. The Morgan fingerprint density at radius 2 is 1.59 bits per heavy atom. The fourth-order valence-corrected chi connectivity index (χ4v) is 4.95. The van der Waals surface area contributed by atoms with Crippen LogP contribution >= 0.6 is 0 Å². The maximum atomic E-state index is 13.6. The standard InChI is InChI=1S/C23H25NO4S/c1-4-28-23(25)16-22-20(17(2)3)15-21(18-11-7-5-8-12-18)24(22)29(26,27)19-13-9-6-10-14-19/h5-15,17H,4,16H2,1-3H3. The second-order valence-electron chi connectivity index (χ2n) is 7.02. The van der Waals surface area contributed by atoms with Crippen LogP contribution in [0.4, 0.5) is 0 Å². The van der Waals surface area contributed by atoms with E-state index in [9.17, 15) is 13.2 Å². The Balaban J connectivity index is 2.32. The highest BCUT2D eigenvalue weighted by molar-refractivity contribution is 7.90. The average Bonchev–Trinajstić information content (AvgIpc) is 3.09. The molecule has 0 saturated heterocycles. The van der Waals surface area contributed by atoms with E-state index < -0.39 is 16.0 Å². The topological polar surface area (TPSA) is 65.4 Å².